The number of hydrogen-bond acceptors (Lipinski definition) is 4. The Morgan fingerprint density at radius 1 is 0.562 bits per heavy atom. The van der Waals surface area contributed by atoms with Gasteiger partial charge in [0.25, 0.3) is 10.1 Å². The minimum atomic E-state index is -4.31. The van der Waals surface area contributed by atoms with Crippen LogP contribution in [0, 0.1) is 0 Å². The van der Waals surface area contributed by atoms with Gasteiger partial charge in [0.1, 0.15) is 0 Å². The highest BCUT2D eigenvalue weighted by molar-refractivity contribution is 7.85. The fourth-order valence-electron chi connectivity index (χ4n) is 6.05. The van der Waals surface area contributed by atoms with Crippen LogP contribution in [0.25, 0.3) is 0 Å². The molecule has 7 heteroatoms. The number of aliphatic hydroxyl groups is 1. The van der Waals surface area contributed by atoms with E-state index in [2.05, 4.69) is 55.6 Å². The zero-order valence-corrected chi connectivity index (χ0v) is 32.2. The quantitative estimate of drug-likeness (QED) is 0.0344. The van der Waals surface area contributed by atoms with Crippen LogP contribution in [0.15, 0.2) is 36.5 Å². The monoisotopic (exact) mass is 696 g/mol. The van der Waals surface area contributed by atoms with Crippen molar-refractivity contribution in [3.63, 3.8) is 0 Å². The number of allylic oxidation sites excluding steroid dienone is 6. The molecule has 0 saturated carbocycles. The minimum absolute atomic E-state index is 0.258. The lowest BCUT2D eigenvalue weighted by Crippen LogP contribution is -2.47. The summed E-state index contributed by atoms with van der Waals surface area (Å²) in [5, 5.41) is 13.3. The number of hydrogen-bond donors (Lipinski definition) is 3. The zero-order valence-electron chi connectivity index (χ0n) is 31.4. The second kappa shape index (κ2) is 35.4. The molecule has 2 atom stereocenters. The number of carbonyl (C=O) groups is 1. The molecule has 0 spiro atoms. The van der Waals surface area contributed by atoms with E-state index in [9.17, 15) is 22.9 Å². The summed E-state index contributed by atoms with van der Waals surface area (Å²) in [5.74, 6) is -0.911. The molecule has 0 saturated heterocycles. The number of rotatable bonds is 36. The van der Waals surface area contributed by atoms with Crippen LogP contribution in [0.1, 0.15) is 200 Å². The SMILES string of the molecule is CCCCC/C=C\C/C=C\C/C=C\CCCCCCCCC(=O)NC(CS(=O)(=O)O)C(O)CCCCCCCCCCCCCCCC. The molecule has 0 aromatic heterocycles. The summed E-state index contributed by atoms with van der Waals surface area (Å²) in [6, 6.07) is -0.977. The van der Waals surface area contributed by atoms with E-state index in [1.54, 1.807) is 0 Å². The van der Waals surface area contributed by atoms with Crippen LogP contribution in [0.5, 0.6) is 0 Å². The number of nitrogens with one attached hydrogen (secondary N) is 1. The van der Waals surface area contributed by atoms with Crippen molar-refractivity contribution in [2.75, 3.05) is 5.75 Å². The lowest BCUT2D eigenvalue weighted by Gasteiger charge is -2.23. The van der Waals surface area contributed by atoms with Crippen molar-refractivity contribution in [1.82, 2.24) is 5.32 Å². The number of unbranched alkanes of at least 4 members (excludes halogenated alkanes) is 22. The van der Waals surface area contributed by atoms with E-state index in [4.69, 9.17) is 0 Å². The van der Waals surface area contributed by atoms with Crippen LogP contribution in [0.2, 0.25) is 0 Å². The highest BCUT2D eigenvalue weighted by Gasteiger charge is 2.26. The zero-order chi connectivity index (χ0) is 35.4. The predicted octanol–water partition coefficient (Wildman–Crippen LogP) is 11.7. The van der Waals surface area contributed by atoms with Crippen LogP contribution in [-0.4, -0.2) is 41.9 Å². The Labute approximate surface area is 297 Å². The second-order valence-electron chi connectivity index (χ2n) is 13.9. The second-order valence-corrected chi connectivity index (χ2v) is 15.4. The van der Waals surface area contributed by atoms with E-state index in [1.165, 1.54) is 109 Å². The van der Waals surface area contributed by atoms with Crippen LogP contribution < -0.4 is 5.32 Å². The normalized spacial score (nSPS) is 13.7. The van der Waals surface area contributed by atoms with E-state index in [0.29, 0.717) is 12.8 Å². The third kappa shape index (κ3) is 35.9. The maximum absolute atomic E-state index is 12.5. The Hall–Kier alpha value is -1.44. The van der Waals surface area contributed by atoms with E-state index in [-0.39, 0.29) is 5.91 Å². The summed E-state index contributed by atoms with van der Waals surface area (Å²) in [6.07, 6.45) is 45.1. The van der Waals surface area contributed by atoms with Crippen molar-refractivity contribution >= 4 is 16.0 Å². The van der Waals surface area contributed by atoms with E-state index < -0.39 is 28.0 Å². The van der Waals surface area contributed by atoms with Gasteiger partial charge in [-0.25, -0.2) is 0 Å². The highest BCUT2D eigenvalue weighted by Crippen LogP contribution is 2.15. The van der Waals surface area contributed by atoms with Gasteiger partial charge in [-0.1, -0.05) is 179 Å². The Morgan fingerprint density at radius 3 is 1.42 bits per heavy atom. The first-order valence-electron chi connectivity index (χ1n) is 20.2. The summed E-state index contributed by atoms with van der Waals surface area (Å²) in [7, 11) is -4.31. The average Bonchev–Trinajstić information content (AvgIpc) is 3.05. The van der Waals surface area contributed by atoms with Gasteiger partial charge in [0.2, 0.25) is 5.91 Å². The molecule has 0 aromatic rings. The summed E-state index contributed by atoms with van der Waals surface area (Å²) < 4.78 is 32.5. The van der Waals surface area contributed by atoms with Gasteiger partial charge in [-0.2, -0.15) is 8.42 Å². The van der Waals surface area contributed by atoms with Crippen LogP contribution in [-0.2, 0) is 14.9 Å². The standard InChI is InChI=1S/C41H77NO5S/c1-3-5-7-9-11-13-15-17-19-20-21-22-23-25-27-29-31-33-35-37-41(44)42-39(38-48(45,46)47)40(43)36-34-32-30-28-26-24-18-16-14-12-10-8-6-4-2/h11,13,17,19,21-22,39-40,43H,3-10,12,14-16,18,20,23-38H2,1-2H3,(H,42,44)(H,45,46,47)/b13-11-,19-17-,22-21-. The van der Waals surface area contributed by atoms with Gasteiger partial charge in [-0.15, -0.1) is 0 Å². The smallest absolute Gasteiger partial charge is 0.266 e. The summed E-state index contributed by atoms with van der Waals surface area (Å²) in [5.41, 5.74) is 0. The molecule has 48 heavy (non-hydrogen) atoms. The molecule has 0 rings (SSSR count). The molecule has 0 heterocycles. The molecule has 0 aliphatic rings. The molecular formula is C41H77NO5S. The Balaban J connectivity index is 3.91. The Kier molecular flexibility index (Phi) is 34.3. The lowest BCUT2D eigenvalue weighted by molar-refractivity contribution is -0.122. The van der Waals surface area contributed by atoms with Gasteiger partial charge in [0, 0.05) is 6.42 Å². The van der Waals surface area contributed by atoms with Crippen molar-refractivity contribution in [2.45, 2.75) is 212 Å². The first kappa shape index (κ1) is 46.6. The Morgan fingerprint density at radius 2 is 0.938 bits per heavy atom. The summed E-state index contributed by atoms with van der Waals surface area (Å²) >= 11 is 0. The van der Waals surface area contributed by atoms with E-state index >= 15 is 0 Å². The molecule has 0 bridgehead atoms. The van der Waals surface area contributed by atoms with Gasteiger partial charge in [-0.05, 0) is 51.4 Å². The molecule has 0 aliphatic carbocycles. The molecule has 6 nitrogen and oxygen atoms in total. The van der Waals surface area contributed by atoms with Gasteiger partial charge >= 0.3 is 0 Å². The highest BCUT2D eigenvalue weighted by atomic mass is 32.2. The molecular weight excluding hydrogens is 619 g/mol. The van der Waals surface area contributed by atoms with Crippen molar-refractivity contribution in [3.8, 4) is 0 Å². The molecule has 1 amide bonds. The molecule has 0 aliphatic heterocycles. The lowest BCUT2D eigenvalue weighted by atomic mass is 10.0. The van der Waals surface area contributed by atoms with E-state index in [1.807, 2.05) is 0 Å². The summed E-state index contributed by atoms with van der Waals surface area (Å²) in [4.78, 5) is 12.5. The molecule has 0 fully saturated rings. The number of amides is 1. The van der Waals surface area contributed by atoms with Gasteiger partial charge in [0.15, 0.2) is 0 Å². The van der Waals surface area contributed by atoms with Crippen LogP contribution in [0.4, 0.5) is 0 Å². The maximum atomic E-state index is 12.5. The topological polar surface area (TPSA) is 104 Å². The number of aliphatic hydroxyl groups excluding tert-OH is 1. The molecule has 2 unspecified atom stereocenters. The summed E-state index contributed by atoms with van der Waals surface area (Å²) in [6.45, 7) is 4.49. The van der Waals surface area contributed by atoms with Crippen molar-refractivity contribution in [2.24, 2.45) is 0 Å². The largest absolute Gasteiger partial charge is 0.391 e. The predicted molar refractivity (Wildman–Crippen MR) is 207 cm³/mol. The van der Waals surface area contributed by atoms with Gasteiger partial charge in [-0.3, -0.25) is 9.35 Å². The maximum Gasteiger partial charge on any atom is 0.266 e. The molecule has 282 valence electrons. The van der Waals surface area contributed by atoms with E-state index in [0.717, 1.165) is 64.2 Å². The molecule has 0 radical (unpaired) electrons. The van der Waals surface area contributed by atoms with Crippen molar-refractivity contribution in [3.05, 3.63) is 36.5 Å². The molecule has 3 N–H and O–H groups in total. The fourth-order valence-corrected chi connectivity index (χ4v) is 6.81. The first-order valence-corrected chi connectivity index (χ1v) is 21.8. The van der Waals surface area contributed by atoms with Gasteiger partial charge in [0.05, 0.1) is 17.9 Å². The number of carbonyl (C=O) groups excluding carboxylic acids is 1. The van der Waals surface area contributed by atoms with Crippen LogP contribution in [0.3, 0.4) is 0 Å². The van der Waals surface area contributed by atoms with Crippen molar-refractivity contribution in [1.29, 1.82) is 0 Å². The third-order valence-electron chi connectivity index (χ3n) is 9.10. The fraction of sp³-hybridized carbons (Fsp3) is 0.829. The minimum Gasteiger partial charge on any atom is -0.391 e. The van der Waals surface area contributed by atoms with Crippen LogP contribution >= 0.6 is 0 Å². The van der Waals surface area contributed by atoms with Crippen molar-refractivity contribution < 1.29 is 22.9 Å². The third-order valence-corrected chi connectivity index (χ3v) is 9.88. The first-order chi connectivity index (χ1) is 23.3. The molecule has 0 aromatic carbocycles. The Bertz CT molecular complexity index is 899. The van der Waals surface area contributed by atoms with Gasteiger partial charge < -0.3 is 10.4 Å². The average molecular weight is 696 g/mol.